The molecule has 3 heterocycles. The Bertz CT molecular complexity index is 1600. The molecule has 0 aliphatic carbocycles. The fraction of sp³-hybridized carbons (Fsp3) is 0.0625. The summed E-state index contributed by atoms with van der Waals surface area (Å²) in [5.41, 5.74) is 6.04. The first-order valence-electron chi connectivity index (χ1n) is 11.8. The summed E-state index contributed by atoms with van der Waals surface area (Å²) in [5.74, 6) is 0. The minimum Gasteiger partial charge on any atom is -0.309 e. The molecule has 0 atom stereocenters. The molecule has 0 spiro atoms. The lowest BCUT2D eigenvalue weighted by atomic mass is 10.1. The first-order chi connectivity index (χ1) is 17.1. The van der Waals surface area contributed by atoms with Gasteiger partial charge in [0.15, 0.2) is 0 Å². The molecule has 0 aliphatic heterocycles. The Morgan fingerprint density at radius 1 is 0.543 bits per heavy atom. The molecule has 0 N–H and O–H groups in total. The predicted molar refractivity (Wildman–Crippen MR) is 157 cm³/mol. The van der Waals surface area contributed by atoms with E-state index >= 15 is 0 Å². The molecule has 3 aromatic carbocycles. The van der Waals surface area contributed by atoms with Crippen LogP contribution in [0, 0.1) is 13.8 Å². The summed E-state index contributed by atoms with van der Waals surface area (Å²) < 4.78 is 2.39. The number of para-hydroxylation sites is 1. The molecule has 0 saturated carbocycles. The van der Waals surface area contributed by atoms with Crippen molar-refractivity contribution in [3.05, 3.63) is 122 Å². The topological polar surface area (TPSA) is 4.93 Å². The Morgan fingerprint density at radius 3 is 1.51 bits per heavy atom. The van der Waals surface area contributed by atoms with E-state index in [0.29, 0.717) is 0 Å². The van der Waals surface area contributed by atoms with E-state index in [9.17, 15) is 0 Å². The Kier molecular flexibility index (Phi) is 5.73. The Balaban J connectivity index is 1.49. The monoisotopic (exact) mass is 487 g/mol. The Hall–Kier alpha value is -3.66. The molecule has 0 fully saturated rings. The Morgan fingerprint density at radius 2 is 1.06 bits per heavy atom. The van der Waals surface area contributed by atoms with Gasteiger partial charge in [0, 0.05) is 36.0 Å². The normalized spacial score (nSPS) is 12.1. The van der Waals surface area contributed by atoms with Gasteiger partial charge >= 0.3 is 0 Å². The van der Waals surface area contributed by atoms with E-state index < -0.39 is 0 Å². The fourth-order valence-electron chi connectivity index (χ4n) is 4.56. The highest BCUT2D eigenvalue weighted by Crippen LogP contribution is 2.34. The van der Waals surface area contributed by atoms with Crippen LogP contribution in [0.4, 0.5) is 0 Å². The molecule has 0 saturated heterocycles. The van der Waals surface area contributed by atoms with Gasteiger partial charge in [0.25, 0.3) is 0 Å². The standard InChI is InChI=1S/C32H25NS2/c1-22-8-14-27(34-22)16-10-24-12-18-29-30-19-13-25(11-17-28-15-9-23(2)35-28)21-32(30)33(31(29)20-24)26-6-4-3-5-7-26/h3-21H,1-2H3. The fourth-order valence-corrected chi connectivity index (χ4v) is 6.12. The number of hydrogen-bond donors (Lipinski definition) is 0. The summed E-state index contributed by atoms with van der Waals surface area (Å²) in [6, 6.07) is 33.0. The highest BCUT2D eigenvalue weighted by molar-refractivity contribution is 7.13. The van der Waals surface area contributed by atoms with Crippen molar-refractivity contribution in [3.8, 4) is 5.69 Å². The van der Waals surface area contributed by atoms with Gasteiger partial charge in [-0.3, -0.25) is 0 Å². The van der Waals surface area contributed by atoms with E-state index in [0.717, 1.165) is 0 Å². The van der Waals surface area contributed by atoms with Gasteiger partial charge in [0.05, 0.1) is 11.0 Å². The molecule has 0 amide bonds. The van der Waals surface area contributed by atoms with E-state index in [1.807, 2.05) is 22.7 Å². The van der Waals surface area contributed by atoms with Crippen LogP contribution in [-0.2, 0) is 0 Å². The molecule has 0 bridgehead atoms. The molecule has 170 valence electrons. The molecule has 3 heteroatoms. The third kappa shape index (κ3) is 4.41. The molecular weight excluding hydrogens is 462 g/mol. The van der Waals surface area contributed by atoms with E-state index in [2.05, 4.69) is 134 Å². The lowest BCUT2D eigenvalue weighted by Crippen LogP contribution is -1.93. The van der Waals surface area contributed by atoms with Gasteiger partial charge in [-0.15, -0.1) is 22.7 Å². The minimum atomic E-state index is 1.18. The first kappa shape index (κ1) is 21.8. The highest BCUT2D eigenvalue weighted by Gasteiger charge is 2.13. The van der Waals surface area contributed by atoms with Crippen LogP contribution in [0.5, 0.6) is 0 Å². The molecule has 35 heavy (non-hydrogen) atoms. The lowest BCUT2D eigenvalue weighted by molar-refractivity contribution is 1.18. The van der Waals surface area contributed by atoms with Gasteiger partial charge in [-0.1, -0.05) is 54.6 Å². The van der Waals surface area contributed by atoms with Crippen molar-refractivity contribution in [2.75, 3.05) is 0 Å². The van der Waals surface area contributed by atoms with Crippen molar-refractivity contribution in [2.24, 2.45) is 0 Å². The number of rotatable bonds is 5. The van der Waals surface area contributed by atoms with Crippen LogP contribution in [0.1, 0.15) is 30.6 Å². The number of nitrogens with zero attached hydrogens (tertiary/aromatic N) is 1. The van der Waals surface area contributed by atoms with Gasteiger partial charge in [-0.05, 0) is 85.7 Å². The maximum atomic E-state index is 2.39. The number of thiophene rings is 2. The predicted octanol–water partition coefficient (Wildman–Crippen LogP) is 9.86. The van der Waals surface area contributed by atoms with Gasteiger partial charge in [-0.25, -0.2) is 0 Å². The van der Waals surface area contributed by atoms with Crippen molar-refractivity contribution in [3.63, 3.8) is 0 Å². The zero-order chi connectivity index (χ0) is 23.8. The maximum Gasteiger partial charge on any atom is 0.0547 e. The summed E-state index contributed by atoms with van der Waals surface area (Å²) >= 11 is 3.65. The van der Waals surface area contributed by atoms with Gasteiger partial charge in [-0.2, -0.15) is 0 Å². The zero-order valence-electron chi connectivity index (χ0n) is 19.7. The van der Waals surface area contributed by atoms with Gasteiger partial charge < -0.3 is 4.57 Å². The van der Waals surface area contributed by atoms with Gasteiger partial charge in [0.1, 0.15) is 0 Å². The van der Waals surface area contributed by atoms with Crippen molar-refractivity contribution in [2.45, 2.75) is 13.8 Å². The quantitative estimate of drug-likeness (QED) is 0.228. The van der Waals surface area contributed by atoms with Crippen LogP contribution in [0.15, 0.2) is 91.0 Å². The summed E-state index contributed by atoms with van der Waals surface area (Å²) in [7, 11) is 0. The molecular formula is C32H25NS2. The second-order valence-corrected chi connectivity index (χ2v) is 11.4. The maximum absolute atomic E-state index is 2.39. The van der Waals surface area contributed by atoms with Crippen molar-refractivity contribution >= 4 is 68.8 Å². The highest BCUT2D eigenvalue weighted by atomic mass is 32.1. The van der Waals surface area contributed by atoms with E-state index in [1.165, 1.54) is 58.1 Å². The number of aryl methyl sites for hydroxylation is 2. The smallest absolute Gasteiger partial charge is 0.0547 e. The summed E-state index contributed by atoms with van der Waals surface area (Å²) in [6.07, 6.45) is 8.86. The van der Waals surface area contributed by atoms with E-state index in [1.54, 1.807) is 0 Å². The number of benzene rings is 3. The first-order valence-corrected chi connectivity index (χ1v) is 13.4. The van der Waals surface area contributed by atoms with E-state index in [-0.39, 0.29) is 0 Å². The molecule has 0 unspecified atom stereocenters. The van der Waals surface area contributed by atoms with Crippen LogP contribution in [0.25, 0.3) is 51.8 Å². The van der Waals surface area contributed by atoms with Crippen LogP contribution in [-0.4, -0.2) is 4.57 Å². The van der Waals surface area contributed by atoms with Crippen molar-refractivity contribution < 1.29 is 0 Å². The summed E-state index contributed by atoms with van der Waals surface area (Å²) in [5, 5.41) is 2.55. The lowest BCUT2D eigenvalue weighted by Gasteiger charge is -2.08. The summed E-state index contributed by atoms with van der Waals surface area (Å²) in [4.78, 5) is 5.24. The van der Waals surface area contributed by atoms with Crippen LogP contribution < -0.4 is 0 Å². The van der Waals surface area contributed by atoms with Crippen LogP contribution in [0.2, 0.25) is 0 Å². The number of aromatic nitrogens is 1. The molecule has 0 radical (unpaired) electrons. The van der Waals surface area contributed by atoms with E-state index in [4.69, 9.17) is 0 Å². The largest absolute Gasteiger partial charge is 0.309 e. The molecule has 1 nitrogen and oxygen atoms in total. The van der Waals surface area contributed by atoms with Crippen LogP contribution in [0.3, 0.4) is 0 Å². The Labute approximate surface area is 213 Å². The second kappa shape index (κ2) is 9.18. The molecule has 6 rings (SSSR count). The zero-order valence-corrected chi connectivity index (χ0v) is 21.4. The van der Waals surface area contributed by atoms with Crippen molar-refractivity contribution in [1.29, 1.82) is 0 Å². The molecule has 0 aliphatic rings. The third-order valence-corrected chi connectivity index (χ3v) is 8.16. The minimum absolute atomic E-state index is 1.18. The second-order valence-electron chi connectivity index (χ2n) is 8.79. The van der Waals surface area contributed by atoms with Gasteiger partial charge in [0.2, 0.25) is 0 Å². The SMILES string of the molecule is Cc1ccc(C=Cc2ccc3c4ccc(C=Cc5ccc(C)s5)cc4n(-c4ccccc4)c3c2)s1. The number of hydrogen-bond acceptors (Lipinski definition) is 2. The molecule has 6 aromatic rings. The number of fused-ring (bicyclic) bond motifs is 3. The van der Waals surface area contributed by atoms with Crippen molar-refractivity contribution in [1.82, 2.24) is 4.57 Å². The molecule has 3 aromatic heterocycles. The average molecular weight is 488 g/mol. The third-order valence-electron chi connectivity index (χ3n) is 6.23. The summed E-state index contributed by atoms with van der Waals surface area (Å²) in [6.45, 7) is 4.30. The average Bonchev–Trinajstić information content (AvgIpc) is 3.58. The van der Waals surface area contributed by atoms with Crippen LogP contribution >= 0.6 is 22.7 Å².